The van der Waals surface area contributed by atoms with E-state index in [1.165, 1.54) is 0 Å². The van der Waals surface area contributed by atoms with Crippen molar-refractivity contribution in [1.82, 2.24) is 4.90 Å². The van der Waals surface area contributed by atoms with Gasteiger partial charge in [0.25, 0.3) is 5.91 Å². The smallest absolute Gasteiger partial charge is 0.278 e. The van der Waals surface area contributed by atoms with Crippen LogP contribution in [0.1, 0.15) is 45.1 Å². The zero-order chi connectivity index (χ0) is 20.8. The van der Waals surface area contributed by atoms with E-state index >= 15 is 0 Å². The maximum Gasteiger partial charge on any atom is 0.278 e. The summed E-state index contributed by atoms with van der Waals surface area (Å²) in [5.74, 6) is -0.0353. The van der Waals surface area contributed by atoms with Crippen molar-refractivity contribution in [3.63, 3.8) is 0 Å². The van der Waals surface area contributed by atoms with Gasteiger partial charge in [0.2, 0.25) is 0 Å². The molecule has 0 saturated heterocycles. The lowest BCUT2D eigenvalue weighted by Gasteiger charge is -2.28. The lowest BCUT2D eigenvalue weighted by Crippen LogP contribution is -2.42. The van der Waals surface area contributed by atoms with E-state index in [9.17, 15) is 4.79 Å². The third-order valence-electron chi connectivity index (χ3n) is 5.03. The fraction of sp³-hybridized carbons (Fsp3) is 0.391. The first-order valence-electron chi connectivity index (χ1n) is 10.2. The molecule has 2 aromatic carbocycles. The fourth-order valence-electron chi connectivity index (χ4n) is 3.41. The van der Waals surface area contributed by atoms with E-state index in [0.717, 1.165) is 64.7 Å². The summed E-state index contributed by atoms with van der Waals surface area (Å²) in [4.78, 5) is 22.4. The Morgan fingerprint density at radius 1 is 1.00 bits per heavy atom. The highest BCUT2D eigenvalue weighted by molar-refractivity contribution is 9.10. The molecule has 6 heteroatoms. The van der Waals surface area contributed by atoms with Crippen LogP contribution in [0.3, 0.4) is 0 Å². The van der Waals surface area contributed by atoms with Crippen LogP contribution in [0.15, 0.2) is 56.4 Å². The van der Waals surface area contributed by atoms with Crippen molar-refractivity contribution in [3.8, 4) is 0 Å². The standard InChI is InChI=1S/C23H27Br2N3O/c1-3-5-13-27(14-6-4-2)16-28-21-12-11-17(24)15-18(21)22(23(28)29)26-20-10-8-7-9-19(20)25/h7-12,15H,3-6,13-14,16H2,1-2H3. The van der Waals surface area contributed by atoms with Crippen molar-refractivity contribution in [2.75, 3.05) is 24.7 Å². The van der Waals surface area contributed by atoms with Crippen LogP contribution in [-0.4, -0.2) is 36.3 Å². The van der Waals surface area contributed by atoms with E-state index in [1.54, 1.807) is 0 Å². The molecule has 0 aromatic heterocycles. The molecule has 4 nitrogen and oxygen atoms in total. The number of anilines is 1. The minimum atomic E-state index is -0.0353. The van der Waals surface area contributed by atoms with E-state index in [2.05, 4.69) is 50.6 Å². The Hall–Kier alpha value is -1.50. The van der Waals surface area contributed by atoms with Gasteiger partial charge in [-0.2, -0.15) is 0 Å². The number of amides is 1. The molecule has 0 atom stereocenters. The molecular weight excluding hydrogens is 494 g/mol. The number of nitrogens with zero attached hydrogens (tertiary/aromatic N) is 3. The van der Waals surface area contributed by atoms with Crippen molar-refractivity contribution >= 4 is 54.9 Å². The number of carbonyl (C=O) groups is 1. The summed E-state index contributed by atoms with van der Waals surface area (Å²) in [6.07, 6.45) is 4.57. The van der Waals surface area contributed by atoms with Gasteiger partial charge in [0.15, 0.2) is 0 Å². The molecule has 0 N–H and O–H groups in total. The van der Waals surface area contributed by atoms with Crippen LogP contribution in [0.5, 0.6) is 0 Å². The predicted molar refractivity (Wildman–Crippen MR) is 128 cm³/mol. The molecule has 0 saturated carbocycles. The topological polar surface area (TPSA) is 35.9 Å². The number of aliphatic imine (C=N–C) groups is 1. The molecule has 1 amide bonds. The van der Waals surface area contributed by atoms with Crippen molar-refractivity contribution in [2.24, 2.45) is 4.99 Å². The third kappa shape index (κ3) is 5.36. The van der Waals surface area contributed by atoms with E-state index in [4.69, 9.17) is 4.99 Å². The molecule has 0 unspecified atom stereocenters. The van der Waals surface area contributed by atoms with Crippen LogP contribution >= 0.6 is 31.9 Å². The summed E-state index contributed by atoms with van der Waals surface area (Å²) < 4.78 is 1.82. The average molecular weight is 521 g/mol. The van der Waals surface area contributed by atoms with Gasteiger partial charge in [-0.05, 0) is 72.2 Å². The number of hydrogen-bond acceptors (Lipinski definition) is 3. The Labute approximate surface area is 190 Å². The molecule has 29 heavy (non-hydrogen) atoms. The first-order chi connectivity index (χ1) is 14.0. The number of hydrogen-bond donors (Lipinski definition) is 0. The normalized spacial score (nSPS) is 14.9. The van der Waals surface area contributed by atoms with Crippen molar-refractivity contribution < 1.29 is 4.79 Å². The number of carbonyl (C=O) groups excluding carboxylic acids is 1. The van der Waals surface area contributed by atoms with Crippen LogP contribution in [0, 0.1) is 0 Å². The zero-order valence-corrected chi connectivity index (χ0v) is 20.2. The molecule has 0 bridgehead atoms. The van der Waals surface area contributed by atoms with Crippen molar-refractivity contribution in [1.29, 1.82) is 0 Å². The van der Waals surface area contributed by atoms with Crippen LogP contribution in [0.4, 0.5) is 11.4 Å². The minimum absolute atomic E-state index is 0.0353. The number of unbranched alkanes of at least 4 members (excludes halogenated alkanes) is 2. The van der Waals surface area contributed by atoms with Gasteiger partial charge < -0.3 is 0 Å². The van der Waals surface area contributed by atoms with Gasteiger partial charge in [-0.3, -0.25) is 14.6 Å². The summed E-state index contributed by atoms with van der Waals surface area (Å²) in [5, 5.41) is 0. The Bertz CT molecular complexity index is 889. The Kier molecular flexibility index (Phi) is 8.04. The molecule has 2 aromatic rings. The molecule has 0 fully saturated rings. The first-order valence-corrected chi connectivity index (χ1v) is 11.8. The molecule has 0 spiro atoms. The van der Waals surface area contributed by atoms with E-state index in [-0.39, 0.29) is 5.91 Å². The molecule has 1 aliphatic heterocycles. The van der Waals surface area contributed by atoms with Gasteiger partial charge in [0.05, 0.1) is 18.0 Å². The lowest BCUT2D eigenvalue weighted by atomic mass is 10.1. The summed E-state index contributed by atoms with van der Waals surface area (Å²) >= 11 is 7.09. The fourth-order valence-corrected chi connectivity index (χ4v) is 4.15. The zero-order valence-electron chi connectivity index (χ0n) is 17.0. The van der Waals surface area contributed by atoms with E-state index in [0.29, 0.717) is 12.4 Å². The van der Waals surface area contributed by atoms with Crippen LogP contribution in [-0.2, 0) is 4.79 Å². The molecule has 0 radical (unpaired) electrons. The largest absolute Gasteiger partial charge is 0.293 e. The highest BCUT2D eigenvalue weighted by Gasteiger charge is 2.35. The van der Waals surface area contributed by atoms with Gasteiger partial charge >= 0.3 is 0 Å². The molecule has 1 heterocycles. The quantitative estimate of drug-likeness (QED) is 0.376. The summed E-state index contributed by atoms with van der Waals surface area (Å²) in [7, 11) is 0. The van der Waals surface area contributed by atoms with Crippen molar-refractivity contribution in [3.05, 3.63) is 57.0 Å². The number of halogens is 2. The maximum atomic E-state index is 13.4. The Morgan fingerprint density at radius 2 is 1.69 bits per heavy atom. The first kappa shape index (κ1) is 22.2. The predicted octanol–water partition coefficient (Wildman–Crippen LogP) is 6.54. The SMILES string of the molecule is CCCCN(CCCC)CN1C(=O)C(=Nc2ccccc2Br)c2cc(Br)ccc21. The average Bonchev–Trinajstić information content (AvgIpc) is 2.96. The van der Waals surface area contributed by atoms with Crippen molar-refractivity contribution in [2.45, 2.75) is 39.5 Å². The highest BCUT2D eigenvalue weighted by Crippen LogP contribution is 2.34. The molecule has 154 valence electrons. The Morgan fingerprint density at radius 3 is 2.34 bits per heavy atom. The second-order valence-electron chi connectivity index (χ2n) is 7.27. The van der Waals surface area contributed by atoms with Gasteiger partial charge in [-0.25, -0.2) is 4.99 Å². The third-order valence-corrected chi connectivity index (χ3v) is 6.20. The summed E-state index contributed by atoms with van der Waals surface area (Å²) in [5.41, 5.74) is 3.07. The van der Waals surface area contributed by atoms with Crippen LogP contribution < -0.4 is 4.90 Å². The number of fused-ring (bicyclic) bond motifs is 1. The Balaban J connectivity index is 1.95. The molecule has 0 aliphatic carbocycles. The van der Waals surface area contributed by atoms with Gasteiger partial charge in [0, 0.05) is 14.5 Å². The van der Waals surface area contributed by atoms with Gasteiger partial charge in [-0.15, -0.1) is 0 Å². The molecule has 1 aliphatic rings. The summed E-state index contributed by atoms with van der Waals surface area (Å²) in [6, 6.07) is 13.7. The van der Waals surface area contributed by atoms with Gasteiger partial charge in [0.1, 0.15) is 5.71 Å². The summed E-state index contributed by atoms with van der Waals surface area (Å²) in [6.45, 7) is 7.01. The van der Waals surface area contributed by atoms with E-state index in [1.807, 2.05) is 47.4 Å². The van der Waals surface area contributed by atoms with E-state index < -0.39 is 0 Å². The lowest BCUT2D eigenvalue weighted by molar-refractivity contribution is -0.112. The second kappa shape index (κ2) is 10.5. The van der Waals surface area contributed by atoms with Gasteiger partial charge in [-0.1, -0.05) is 54.8 Å². The second-order valence-corrected chi connectivity index (χ2v) is 9.04. The number of rotatable bonds is 9. The maximum absolute atomic E-state index is 13.4. The molecule has 3 rings (SSSR count). The monoisotopic (exact) mass is 519 g/mol. The molecular formula is C23H27Br2N3O. The van der Waals surface area contributed by atoms with Crippen LogP contribution in [0.2, 0.25) is 0 Å². The van der Waals surface area contributed by atoms with Crippen LogP contribution in [0.25, 0.3) is 0 Å². The minimum Gasteiger partial charge on any atom is -0.293 e. The highest BCUT2D eigenvalue weighted by atomic mass is 79.9. The number of benzene rings is 2. The number of para-hydroxylation sites is 1.